The molecule has 1 N–H and O–H groups in total. The zero-order valence-corrected chi connectivity index (χ0v) is 14.5. The van der Waals surface area contributed by atoms with Gasteiger partial charge in [-0.2, -0.15) is 5.10 Å². The summed E-state index contributed by atoms with van der Waals surface area (Å²) in [5.41, 5.74) is 3.13. The summed E-state index contributed by atoms with van der Waals surface area (Å²) >= 11 is 23.4. The zero-order valence-electron chi connectivity index (χ0n) is 11.5. The van der Waals surface area contributed by atoms with Crippen molar-refractivity contribution in [1.82, 2.24) is 5.43 Å². The van der Waals surface area contributed by atoms with Gasteiger partial charge in [-0.05, 0) is 23.8 Å². The lowest BCUT2D eigenvalue weighted by Gasteiger charge is -2.08. The van der Waals surface area contributed by atoms with Crippen molar-refractivity contribution in [2.75, 3.05) is 6.61 Å². The molecule has 0 bridgehead atoms. The predicted molar refractivity (Wildman–Crippen MR) is 94.2 cm³/mol. The number of nitrogens with one attached hydrogen (secondary N) is 1. The van der Waals surface area contributed by atoms with Crippen LogP contribution in [-0.4, -0.2) is 18.7 Å². The third-order valence-electron chi connectivity index (χ3n) is 2.61. The molecule has 0 atom stereocenters. The molecular weight excluding hydrogens is 382 g/mol. The van der Waals surface area contributed by atoms with Gasteiger partial charge in [0.15, 0.2) is 6.61 Å². The van der Waals surface area contributed by atoms with Crippen molar-refractivity contribution in [2.24, 2.45) is 5.10 Å². The summed E-state index contributed by atoms with van der Waals surface area (Å²) in [5.74, 6) is -0.185. The normalized spacial score (nSPS) is 10.8. The minimum Gasteiger partial charge on any atom is -0.482 e. The molecule has 0 aromatic heterocycles. The molecule has 0 saturated heterocycles. The summed E-state index contributed by atoms with van der Waals surface area (Å²) in [4.78, 5) is 11.7. The maximum atomic E-state index is 11.7. The van der Waals surface area contributed by atoms with Gasteiger partial charge in [-0.25, -0.2) is 5.43 Å². The fourth-order valence-corrected chi connectivity index (χ4v) is 2.24. The minimum atomic E-state index is -0.447. The Labute approximate surface area is 152 Å². The zero-order chi connectivity index (χ0) is 16.8. The first kappa shape index (κ1) is 17.9. The molecule has 4 nitrogen and oxygen atoms in total. The molecule has 0 aliphatic carbocycles. The fraction of sp³-hybridized carbons (Fsp3) is 0.0667. The third kappa shape index (κ3) is 5.59. The van der Waals surface area contributed by atoms with Gasteiger partial charge in [0.1, 0.15) is 5.75 Å². The second-order valence-electron chi connectivity index (χ2n) is 4.33. The van der Waals surface area contributed by atoms with Gasteiger partial charge in [0, 0.05) is 11.1 Å². The van der Waals surface area contributed by atoms with E-state index in [0.29, 0.717) is 10.0 Å². The number of carbonyl (C=O) groups is 1. The average molecular weight is 392 g/mol. The molecule has 0 aliphatic rings. The SMILES string of the molecule is O=C(COc1cc(Cl)c(Cl)cc1Cl)NN=Cc1ccc(Cl)cc1. The quantitative estimate of drug-likeness (QED) is 0.450. The number of carbonyl (C=O) groups excluding carboxylic acids is 1. The molecule has 1 amide bonds. The van der Waals surface area contributed by atoms with Crippen molar-refractivity contribution in [1.29, 1.82) is 0 Å². The summed E-state index contributed by atoms with van der Waals surface area (Å²) < 4.78 is 5.27. The van der Waals surface area contributed by atoms with Crippen LogP contribution in [0.3, 0.4) is 0 Å². The van der Waals surface area contributed by atoms with Crippen molar-refractivity contribution < 1.29 is 9.53 Å². The lowest BCUT2D eigenvalue weighted by atomic mass is 10.2. The van der Waals surface area contributed by atoms with Crippen LogP contribution in [0.25, 0.3) is 0 Å². The van der Waals surface area contributed by atoms with Crippen LogP contribution in [0, 0.1) is 0 Å². The minimum absolute atomic E-state index is 0.261. The van der Waals surface area contributed by atoms with Gasteiger partial charge in [-0.1, -0.05) is 58.5 Å². The first-order chi connectivity index (χ1) is 11.0. The van der Waals surface area contributed by atoms with Gasteiger partial charge < -0.3 is 4.74 Å². The highest BCUT2D eigenvalue weighted by Crippen LogP contribution is 2.33. The Kier molecular flexibility index (Phi) is 6.54. The number of halogens is 4. The highest BCUT2D eigenvalue weighted by molar-refractivity contribution is 6.43. The van der Waals surface area contributed by atoms with Gasteiger partial charge >= 0.3 is 0 Å². The summed E-state index contributed by atoms with van der Waals surface area (Å²) in [6.45, 7) is -0.268. The van der Waals surface area contributed by atoms with Crippen molar-refractivity contribution >= 4 is 58.5 Å². The standard InChI is InChI=1S/C15H10Cl4N2O2/c16-10-3-1-9(2-4-10)7-20-21-15(22)8-23-14-6-12(18)11(17)5-13(14)19/h1-7H,8H2,(H,21,22). The molecule has 2 aromatic carbocycles. The molecule has 0 heterocycles. The second kappa shape index (κ2) is 8.41. The first-order valence-corrected chi connectivity index (χ1v) is 7.81. The van der Waals surface area contributed by atoms with E-state index in [-0.39, 0.29) is 22.4 Å². The molecule has 8 heteroatoms. The monoisotopic (exact) mass is 390 g/mol. The Morgan fingerprint density at radius 1 is 1.04 bits per heavy atom. The lowest BCUT2D eigenvalue weighted by molar-refractivity contribution is -0.123. The van der Waals surface area contributed by atoms with E-state index in [4.69, 9.17) is 51.1 Å². The largest absolute Gasteiger partial charge is 0.482 e. The topological polar surface area (TPSA) is 50.7 Å². The molecule has 2 rings (SSSR count). The third-order valence-corrected chi connectivity index (χ3v) is 3.88. The van der Waals surface area contributed by atoms with Crippen LogP contribution in [0.1, 0.15) is 5.56 Å². The van der Waals surface area contributed by atoms with Crippen molar-refractivity contribution in [3.63, 3.8) is 0 Å². The van der Waals surface area contributed by atoms with Crippen LogP contribution in [0.2, 0.25) is 20.1 Å². The van der Waals surface area contributed by atoms with E-state index in [2.05, 4.69) is 10.5 Å². The number of rotatable bonds is 5. The predicted octanol–water partition coefficient (Wildman–Crippen LogP) is 4.83. The smallest absolute Gasteiger partial charge is 0.277 e. The molecule has 0 radical (unpaired) electrons. The number of ether oxygens (including phenoxy) is 1. The van der Waals surface area contributed by atoms with E-state index in [1.807, 2.05) is 0 Å². The lowest BCUT2D eigenvalue weighted by Crippen LogP contribution is -2.24. The second-order valence-corrected chi connectivity index (χ2v) is 5.99. The summed E-state index contributed by atoms with van der Waals surface area (Å²) in [7, 11) is 0. The van der Waals surface area contributed by atoms with Crippen molar-refractivity contribution in [3.05, 3.63) is 62.1 Å². The van der Waals surface area contributed by atoms with Gasteiger partial charge in [-0.3, -0.25) is 4.79 Å². The van der Waals surface area contributed by atoms with Gasteiger partial charge in [-0.15, -0.1) is 0 Å². The molecular formula is C15H10Cl4N2O2. The highest BCUT2D eigenvalue weighted by Gasteiger charge is 2.09. The van der Waals surface area contributed by atoms with Crippen LogP contribution in [0.4, 0.5) is 0 Å². The summed E-state index contributed by atoms with van der Waals surface area (Å²) in [6.07, 6.45) is 1.49. The van der Waals surface area contributed by atoms with E-state index in [1.54, 1.807) is 24.3 Å². The van der Waals surface area contributed by atoms with Gasteiger partial charge in [0.2, 0.25) is 0 Å². The fourth-order valence-electron chi connectivity index (χ4n) is 1.52. The Morgan fingerprint density at radius 2 is 1.70 bits per heavy atom. The molecule has 0 fully saturated rings. The molecule has 120 valence electrons. The molecule has 0 aliphatic heterocycles. The van der Waals surface area contributed by atoms with Crippen LogP contribution >= 0.6 is 46.4 Å². The molecule has 0 spiro atoms. The van der Waals surface area contributed by atoms with E-state index in [1.165, 1.54) is 18.3 Å². The van der Waals surface area contributed by atoms with Crippen LogP contribution in [-0.2, 0) is 4.79 Å². The van der Waals surface area contributed by atoms with Crippen molar-refractivity contribution in [3.8, 4) is 5.75 Å². The van der Waals surface area contributed by atoms with Crippen LogP contribution in [0.15, 0.2) is 41.5 Å². The highest BCUT2D eigenvalue weighted by atomic mass is 35.5. The Bertz CT molecular complexity index is 733. The van der Waals surface area contributed by atoms with Gasteiger partial charge in [0.05, 0.1) is 21.3 Å². The Balaban J connectivity index is 1.86. The number of amides is 1. The molecule has 0 unspecified atom stereocenters. The number of benzene rings is 2. The van der Waals surface area contributed by atoms with E-state index >= 15 is 0 Å². The molecule has 2 aromatic rings. The Morgan fingerprint density at radius 3 is 2.39 bits per heavy atom. The number of hydrogen-bond donors (Lipinski definition) is 1. The molecule has 0 saturated carbocycles. The van der Waals surface area contributed by atoms with E-state index in [0.717, 1.165) is 5.56 Å². The van der Waals surface area contributed by atoms with Crippen molar-refractivity contribution in [2.45, 2.75) is 0 Å². The number of nitrogens with zero attached hydrogens (tertiary/aromatic N) is 1. The summed E-state index contributed by atoms with van der Waals surface area (Å²) in [5, 5.41) is 5.28. The van der Waals surface area contributed by atoms with Crippen LogP contribution < -0.4 is 10.2 Å². The maximum absolute atomic E-state index is 11.7. The summed E-state index contributed by atoms with van der Waals surface area (Å²) in [6, 6.07) is 9.86. The van der Waals surface area contributed by atoms with Crippen LogP contribution in [0.5, 0.6) is 5.75 Å². The number of hydrogen-bond acceptors (Lipinski definition) is 3. The van der Waals surface area contributed by atoms with Gasteiger partial charge in [0.25, 0.3) is 5.91 Å². The maximum Gasteiger partial charge on any atom is 0.277 e. The average Bonchev–Trinajstić information content (AvgIpc) is 2.51. The Hall–Kier alpha value is -1.46. The number of hydrazone groups is 1. The first-order valence-electron chi connectivity index (χ1n) is 6.30. The molecule has 23 heavy (non-hydrogen) atoms. The van der Waals surface area contributed by atoms with E-state index < -0.39 is 5.91 Å². The van der Waals surface area contributed by atoms with E-state index in [9.17, 15) is 4.79 Å².